The van der Waals surface area contributed by atoms with Crippen LogP contribution in [0.3, 0.4) is 0 Å². The quantitative estimate of drug-likeness (QED) is 0.590. The molecular weight excluding hydrogens is 355 g/mol. The first-order valence-electron chi connectivity index (χ1n) is 8.18. The summed E-state index contributed by atoms with van der Waals surface area (Å²) in [7, 11) is -3.72. The van der Waals surface area contributed by atoms with E-state index in [1.165, 1.54) is 6.20 Å². The SMILES string of the molecule is Cc1ccc(S(=O)(=O)n2ccc(-c3ccc(OCCCF)cc3)n2)cc1. The minimum absolute atomic E-state index is 0.189. The third kappa shape index (κ3) is 3.94. The Kier molecular flexibility index (Phi) is 5.37. The topological polar surface area (TPSA) is 61.2 Å². The van der Waals surface area contributed by atoms with Crippen molar-refractivity contribution in [3.63, 3.8) is 0 Å². The minimum Gasteiger partial charge on any atom is -0.493 e. The maximum atomic E-state index is 12.6. The zero-order chi connectivity index (χ0) is 18.6. The first-order chi connectivity index (χ1) is 12.5. The highest BCUT2D eigenvalue weighted by Gasteiger charge is 2.18. The van der Waals surface area contributed by atoms with Crippen molar-refractivity contribution in [2.24, 2.45) is 0 Å². The van der Waals surface area contributed by atoms with Crippen molar-refractivity contribution in [1.82, 2.24) is 9.19 Å². The standard InChI is InChI=1S/C19H19FN2O3S/c1-15-3-9-18(10-4-15)26(23,24)22-13-11-19(21-22)16-5-7-17(8-6-16)25-14-2-12-20/h3-11,13H,2,12,14H2,1H3. The van der Waals surface area contributed by atoms with Crippen LogP contribution in [0.2, 0.25) is 0 Å². The number of hydrogen-bond acceptors (Lipinski definition) is 4. The summed E-state index contributed by atoms with van der Waals surface area (Å²) in [6.07, 6.45) is 1.78. The van der Waals surface area contributed by atoms with Gasteiger partial charge < -0.3 is 4.74 Å². The molecule has 3 aromatic rings. The number of halogens is 1. The van der Waals surface area contributed by atoms with E-state index in [0.29, 0.717) is 24.5 Å². The van der Waals surface area contributed by atoms with Gasteiger partial charge in [0.2, 0.25) is 0 Å². The van der Waals surface area contributed by atoms with Crippen molar-refractivity contribution in [3.8, 4) is 17.0 Å². The Hall–Kier alpha value is -2.67. The monoisotopic (exact) mass is 374 g/mol. The molecule has 0 aliphatic heterocycles. The highest BCUT2D eigenvalue weighted by Crippen LogP contribution is 2.22. The zero-order valence-corrected chi connectivity index (χ0v) is 15.1. The van der Waals surface area contributed by atoms with Crippen LogP contribution in [-0.4, -0.2) is 30.9 Å². The van der Waals surface area contributed by atoms with Crippen molar-refractivity contribution < 1.29 is 17.5 Å². The lowest BCUT2D eigenvalue weighted by Crippen LogP contribution is -2.13. The Balaban J connectivity index is 1.80. The fraction of sp³-hybridized carbons (Fsp3) is 0.211. The summed E-state index contributed by atoms with van der Waals surface area (Å²) in [5.41, 5.74) is 2.29. The van der Waals surface area contributed by atoms with Crippen LogP contribution in [0.1, 0.15) is 12.0 Å². The van der Waals surface area contributed by atoms with E-state index >= 15 is 0 Å². The predicted octanol–water partition coefficient (Wildman–Crippen LogP) is 3.83. The molecule has 0 amide bonds. The van der Waals surface area contributed by atoms with Gasteiger partial charge in [0.05, 0.1) is 23.9 Å². The summed E-state index contributed by atoms with van der Waals surface area (Å²) in [5.74, 6) is 0.633. The third-order valence-corrected chi connectivity index (χ3v) is 5.39. The van der Waals surface area contributed by atoms with Gasteiger partial charge in [0, 0.05) is 18.2 Å². The molecule has 0 spiro atoms. The van der Waals surface area contributed by atoms with Crippen molar-refractivity contribution in [1.29, 1.82) is 0 Å². The summed E-state index contributed by atoms with van der Waals surface area (Å²) < 4.78 is 43.7. The number of ether oxygens (including phenoxy) is 1. The molecule has 0 bridgehead atoms. The molecule has 0 fully saturated rings. The fourth-order valence-electron chi connectivity index (χ4n) is 2.38. The van der Waals surface area contributed by atoms with E-state index in [9.17, 15) is 12.8 Å². The average Bonchev–Trinajstić information content (AvgIpc) is 3.14. The van der Waals surface area contributed by atoms with Crippen LogP contribution < -0.4 is 4.74 Å². The van der Waals surface area contributed by atoms with Crippen LogP contribution >= 0.6 is 0 Å². The largest absolute Gasteiger partial charge is 0.493 e. The fourth-order valence-corrected chi connectivity index (χ4v) is 3.49. The summed E-state index contributed by atoms with van der Waals surface area (Å²) in [4.78, 5) is 0.189. The number of nitrogens with zero attached hydrogens (tertiary/aromatic N) is 2. The molecule has 0 N–H and O–H groups in total. The van der Waals surface area contributed by atoms with Gasteiger partial charge in [-0.2, -0.15) is 17.6 Å². The van der Waals surface area contributed by atoms with Crippen LogP contribution in [0, 0.1) is 6.92 Å². The number of aryl methyl sites for hydroxylation is 1. The van der Waals surface area contributed by atoms with Gasteiger partial charge in [0.15, 0.2) is 0 Å². The van der Waals surface area contributed by atoms with Gasteiger partial charge in [-0.25, -0.2) is 0 Å². The highest BCUT2D eigenvalue weighted by atomic mass is 32.2. The van der Waals surface area contributed by atoms with Gasteiger partial charge in [-0.15, -0.1) is 0 Å². The molecule has 2 aromatic carbocycles. The molecule has 0 unspecified atom stereocenters. The maximum Gasteiger partial charge on any atom is 0.282 e. The van der Waals surface area contributed by atoms with E-state index < -0.39 is 16.7 Å². The lowest BCUT2D eigenvalue weighted by atomic mass is 10.1. The second-order valence-corrected chi connectivity index (χ2v) is 7.60. The van der Waals surface area contributed by atoms with Crippen LogP contribution in [0.15, 0.2) is 65.7 Å². The highest BCUT2D eigenvalue weighted by molar-refractivity contribution is 7.89. The van der Waals surface area contributed by atoms with Crippen LogP contribution in [-0.2, 0) is 10.0 Å². The normalized spacial score (nSPS) is 11.5. The molecule has 5 nitrogen and oxygen atoms in total. The zero-order valence-electron chi connectivity index (χ0n) is 14.3. The molecule has 3 rings (SSSR count). The maximum absolute atomic E-state index is 12.6. The molecule has 0 aliphatic carbocycles. The number of alkyl halides is 1. The molecule has 1 aromatic heterocycles. The average molecular weight is 374 g/mol. The predicted molar refractivity (Wildman–Crippen MR) is 97.5 cm³/mol. The molecule has 0 saturated heterocycles. The van der Waals surface area contributed by atoms with E-state index in [-0.39, 0.29) is 4.90 Å². The van der Waals surface area contributed by atoms with Crippen LogP contribution in [0.25, 0.3) is 11.3 Å². The van der Waals surface area contributed by atoms with E-state index in [1.54, 1.807) is 54.6 Å². The molecule has 7 heteroatoms. The van der Waals surface area contributed by atoms with E-state index in [2.05, 4.69) is 5.10 Å². The first-order valence-corrected chi connectivity index (χ1v) is 9.62. The molecule has 0 aliphatic rings. The smallest absolute Gasteiger partial charge is 0.282 e. The Morgan fingerprint density at radius 3 is 2.38 bits per heavy atom. The number of hydrogen-bond donors (Lipinski definition) is 0. The Bertz CT molecular complexity index is 965. The van der Waals surface area contributed by atoms with E-state index in [0.717, 1.165) is 15.2 Å². The van der Waals surface area contributed by atoms with E-state index in [4.69, 9.17) is 4.74 Å². The van der Waals surface area contributed by atoms with Gasteiger partial charge in [0.1, 0.15) is 5.75 Å². The molecule has 0 saturated carbocycles. The first kappa shape index (κ1) is 18.1. The van der Waals surface area contributed by atoms with Gasteiger partial charge in [-0.05, 0) is 49.4 Å². The van der Waals surface area contributed by atoms with Crippen LogP contribution in [0.4, 0.5) is 4.39 Å². The molecule has 1 heterocycles. The van der Waals surface area contributed by atoms with E-state index in [1.807, 2.05) is 6.92 Å². The Labute approximate surface area is 152 Å². The Morgan fingerprint density at radius 2 is 1.73 bits per heavy atom. The molecular formula is C19H19FN2O3S. The number of aromatic nitrogens is 2. The van der Waals surface area contributed by atoms with Gasteiger partial charge >= 0.3 is 0 Å². The molecule has 26 heavy (non-hydrogen) atoms. The lowest BCUT2D eigenvalue weighted by molar-refractivity contribution is 0.289. The lowest BCUT2D eigenvalue weighted by Gasteiger charge is -2.06. The third-order valence-electron chi connectivity index (χ3n) is 3.83. The molecule has 0 radical (unpaired) electrons. The number of rotatable bonds is 7. The summed E-state index contributed by atoms with van der Waals surface area (Å²) in [6.45, 7) is 1.80. The molecule has 136 valence electrons. The number of benzene rings is 2. The molecule has 0 atom stereocenters. The van der Waals surface area contributed by atoms with Gasteiger partial charge in [-0.3, -0.25) is 4.39 Å². The van der Waals surface area contributed by atoms with Crippen molar-refractivity contribution in [2.45, 2.75) is 18.2 Å². The summed E-state index contributed by atoms with van der Waals surface area (Å²) >= 11 is 0. The Morgan fingerprint density at radius 1 is 1.04 bits per heavy atom. The van der Waals surface area contributed by atoms with Crippen molar-refractivity contribution in [2.75, 3.05) is 13.3 Å². The van der Waals surface area contributed by atoms with Crippen LogP contribution in [0.5, 0.6) is 5.75 Å². The minimum atomic E-state index is -3.72. The second kappa shape index (κ2) is 7.70. The van der Waals surface area contributed by atoms with Gasteiger partial charge in [0.25, 0.3) is 10.0 Å². The summed E-state index contributed by atoms with van der Waals surface area (Å²) in [5, 5.41) is 4.19. The van der Waals surface area contributed by atoms with Crippen molar-refractivity contribution in [3.05, 3.63) is 66.4 Å². The van der Waals surface area contributed by atoms with Gasteiger partial charge in [-0.1, -0.05) is 17.7 Å². The second-order valence-electron chi connectivity index (χ2n) is 5.81. The van der Waals surface area contributed by atoms with Crippen molar-refractivity contribution >= 4 is 10.0 Å². The summed E-state index contributed by atoms with van der Waals surface area (Å²) in [6, 6.07) is 15.3.